The molecule has 3 N–H and O–H groups in total. The van der Waals surface area contributed by atoms with E-state index >= 15 is 4.39 Å². The maximum Gasteiger partial charge on any atom is 0.335 e. The highest BCUT2D eigenvalue weighted by Crippen LogP contribution is 2.46. The molecule has 0 amide bonds. The zero-order valence-electron chi connectivity index (χ0n) is 20.3. The summed E-state index contributed by atoms with van der Waals surface area (Å²) in [6, 6.07) is 13.6. The Morgan fingerprint density at radius 1 is 1.14 bits per heavy atom. The lowest BCUT2D eigenvalue weighted by atomic mass is 9.86. The number of fused-ring (bicyclic) bond motifs is 2. The number of aromatic nitrogens is 3. The number of nitrogens with one attached hydrogen (secondary N) is 1. The Morgan fingerprint density at radius 3 is 2.46 bits per heavy atom. The molecular formula is C28H25F2N3O4. The third kappa shape index (κ3) is 4.06. The maximum absolute atomic E-state index is 16.2. The van der Waals surface area contributed by atoms with Gasteiger partial charge in [0.05, 0.1) is 23.0 Å². The minimum absolute atomic E-state index is 0.0779. The number of hydrogen-bond donors (Lipinski definition) is 3. The van der Waals surface area contributed by atoms with E-state index in [1.807, 2.05) is 6.92 Å². The van der Waals surface area contributed by atoms with Gasteiger partial charge in [-0.15, -0.1) is 0 Å². The van der Waals surface area contributed by atoms with Crippen molar-refractivity contribution in [2.75, 3.05) is 13.7 Å². The average molecular weight is 506 g/mol. The van der Waals surface area contributed by atoms with Gasteiger partial charge in [-0.3, -0.25) is 5.10 Å². The monoisotopic (exact) mass is 505 g/mol. The number of hydrogen-bond acceptors (Lipinski definition) is 4. The fraction of sp³-hybridized carbons (Fsp3) is 0.214. The lowest BCUT2D eigenvalue weighted by Crippen LogP contribution is -2.30. The van der Waals surface area contributed by atoms with E-state index in [4.69, 9.17) is 4.74 Å². The zero-order valence-corrected chi connectivity index (χ0v) is 20.3. The Morgan fingerprint density at radius 2 is 1.84 bits per heavy atom. The highest BCUT2D eigenvalue weighted by Gasteiger charge is 2.37. The third-order valence-electron chi connectivity index (χ3n) is 6.86. The first-order valence-corrected chi connectivity index (χ1v) is 11.8. The smallest absolute Gasteiger partial charge is 0.335 e. The van der Waals surface area contributed by atoms with Gasteiger partial charge in [-0.2, -0.15) is 5.10 Å². The molecule has 0 radical (unpaired) electrons. The van der Waals surface area contributed by atoms with Crippen LogP contribution in [-0.4, -0.2) is 44.7 Å². The second-order valence-corrected chi connectivity index (χ2v) is 8.96. The lowest BCUT2D eigenvalue weighted by molar-refractivity contribution is -0.00359. The number of carbonyl (C=O) groups is 1. The van der Waals surface area contributed by atoms with Crippen molar-refractivity contribution < 1.29 is 28.5 Å². The summed E-state index contributed by atoms with van der Waals surface area (Å²) in [5.41, 5.74) is 1.12. The molecule has 2 aromatic heterocycles. The number of aromatic amines is 1. The van der Waals surface area contributed by atoms with Crippen LogP contribution in [0, 0.1) is 11.6 Å². The summed E-state index contributed by atoms with van der Waals surface area (Å²) in [6.45, 7) is 2.06. The lowest BCUT2D eigenvalue weighted by Gasteiger charge is -2.30. The first kappa shape index (κ1) is 24.6. The van der Waals surface area contributed by atoms with Gasteiger partial charge in [-0.25, -0.2) is 13.6 Å². The van der Waals surface area contributed by atoms with Crippen LogP contribution in [0.25, 0.3) is 38.6 Å². The van der Waals surface area contributed by atoms with E-state index in [-0.39, 0.29) is 35.9 Å². The Hall–Kier alpha value is -4.08. The van der Waals surface area contributed by atoms with E-state index in [1.165, 1.54) is 37.6 Å². The van der Waals surface area contributed by atoms with Gasteiger partial charge >= 0.3 is 5.97 Å². The number of H-pyrrole nitrogens is 1. The van der Waals surface area contributed by atoms with Crippen LogP contribution in [0.5, 0.6) is 0 Å². The van der Waals surface area contributed by atoms with Gasteiger partial charge in [0.25, 0.3) is 0 Å². The number of aromatic carboxylic acids is 1. The summed E-state index contributed by atoms with van der Waals surface area (Å²) in [7, 11) is 1.53. The molecule has 9 heteroatoms. The molecular weight excluding hydrogens is 480 g/mol. The standard InChI is InChI=1S/C28H25F2N3O4/c1-3-28(36,12-13-37-2)26-22(16-4-6-17(7-5-16)27(34)35)23-21(14-18-15-31-32-25(18)24(23)30)33(26)20-10-8-19(29)9-11-20/h4-11,14-15,36H,3,12-13H2,1-2H3,(H,31,32)(H,34,35). The van der Waals surface area contributed by atoms with Gasteiger partial charge in [0, 0.05) is 42.2 Å². The predicted octanol–water partition coefficient (Wildman–Crippen LogP) is 5.78. The van der Waals surface area contributed by atoms with E-state index in [1.54, 1.807) is 34.9 Å². The van der Waals surface area contributed by atoms with Crippen molar-refractivity contribution >= 4 is 27.8 Å². The molecule has 7 nitrogen and oxygen atoms in total. The second-order valence-electron chi connectivity index (χ2n) is 8.96. The summed E-state index contributed by atoms with van der Waals surface area (Å²) in [5, 5.41) is 28.9. The van der Waals surface area contributed by atoms with Crippen molar-refractivity contribution in [2.24, 2.45) is 0 Å². The molecule has 0 aliphatic carbocycles. The molecule has 2 heterocycles. The second kappa shape index (κ2) is 9.42. The molecule has 3 aromatic carbocycles. The van der Waals surface area contributed by atoms with E-state index in [0.717, 1.165) is 0 Å². The van der Waals surface area contributed by atoms with E-state index < -0.39 is 23.2 Å². The van der Waals surface area contributed by atoms with Crippen molar-refractivity contribution in [3.05, 3.63) is 83.7 Å². The van der Waals surface area contributed by atoms with Gasteiger partial charge in [-0.1, -0.05) is 19.1 Å². The number of rotatable bonds is 8. The van der Waals surface area contributed by atoms with Crippen LogP contribution < -0.4 is 0 Å². The SMILES string of the molecule is CCC(O)(CCOC)c1c(-c2ccc(C(=O)O)cc2)c2c(F)c3[nH]ncc3cc2n1-c1ccc(F)cc1. The summed E-state index contributed by atoms with van der Waals surface area (Å²) < 4.78 is 37.1. The largest absolute Gasteiger partial charge is 0.478 e. The third-order valence-corrected chi connectivity index (χ3v) is 6.86. The fourth-order valence-electron chi connectivity index (χ4n) is 4.90. The number of carboxylic acid groups (broad SMARTS) is 1. The minimum Gasteiger partial charge on any atom is -0.478 e. The van der Waals surface area contributed by atoms with E-state index in [0.29, 0.717) is 33.4 Å². The molecule has 5 rings (SSSR count). The number of ether oxygens (including phenoxy) is 1. The molecule has 0 aliphatic rings. The minimum atomic E-state index is -1.47. The van der Waals surface area contributed by atoms with Crippen molar-refractivity contribution in [2.45, 2.75) is 25.4 Å². The molecule has 5 aromatic rings. The Bertz CT molecular complexity index is 1610. The number of aliphatic hydroxyl groups is 1. The molecule has 1 atom stereocenters. The van der Waals surface area contributed by atoms with Crippen molar-refractivity contribution in [1.82, 2.24) is 14.8 Å². The average Bonchev–Trinajstić information content (AvgIpc) is 3.51. The van der Waals surface area contributed by atoms with Crippen LogP contribution in [0.15, 0.2) is 60.8 Å². The van der Waals surface area contributed by atoms with Crippen LogP contribution in [0.1, 0.15) is 35.8 Å². The van der Waals surface area contributed by atoms with Crippen LogP contribution >= 0.6 is 0 Å². The first-order valence-electron chi connectivity index (χ1n) is 11.8. The number of carboxylic acids is 1. The van der Waals surface area contributed by atoms with E-state index in [9.17, 15) is 19.4 Å². The van der Waals surface area contributed by atoms with Gasteiger partial charge in [0.2, 0.25) is 0 Å². The van der Waals surface area contributed by atoms with Crippen LogP contribution in [0.3, 0.4) is 0 Å². The van der Waals surface area contributed by atoms with Crippen LogP contribution in [-0.2, 0) is 10.3 Å². The highest BCUT2D eigenvalue weighted by atomic mass is 19.1. The summed E-state index contributed by atoms with van der Waals surface area (Å²) in [5.74, 6) is -2.08. The molecule has 190 valence electrons. The van der Waals surface area contributed by atoms with Gasteiger partial charge < -0.3 is 19.5 Å². The molecule has 0 saturated heterocycles. The van der Waals surface area contributed by atoms with Gasteiger partial charge in [-0.05, 0) is 54.4 Å². The van der Waals surface area contributed by atoms with Crippen molar-refractivity contribution in [3.63, 3.8) is 0 Å². The summed E-state index contributed by atoms with van der Waals surface area (Å²) in [6.07, 6.45) is 1.99. The molecule has 0 bridgehead atoms. The van der Waals surface area contributed by atoms with Gasteiger partial charge in [0.1, 0.15) is 16.9 Å². The Balaban J connectivity index is 1.97. The maximum atomic E-state index is 16.2. The van der Waals surface area contributed by atoms with Crippen molar-refractivity contribution in [3.8, 4) is 16.8 Å². The molecule has 37 heavy (non-hydrogen) atoms. The van der Waals surface area contributed by atoms with Crippen LogP contribution in [0.2, 0.25) is 0 Å². The number of halogens is 2. The number of methoxy groups -OCH3 is 1. The molecule has 0 aliphatic heterocycles. The Labute approximate surface area is 210 Å². The molecule has 0 fully saturated rings. The normalized spacial score (nSPS) is 13.3. The summed E-state index contributed by atoms with van der Waals surface area (Å²) in [4.78, 5) is 11.5. The quantitative estimate of drug-likeness (QED) is 0.248. The fourth-order valence-corrected chi connectivity index (χ4v) is 4.90. The first-order chi connectivity index (χ1) is 17.8. The number of nitrogens with zero attached hydrogens (tertiary/aromatic N) is 2. The topological polar surface area (TPSA) is 100 Å². The molecule has 1 unspecified atom stereocenters. The summed E-state index contributed by atoms with van der Waals surface area (Å²) >= 11 is 0. The molecule has 0 spiro atoms. The zero-order chi connectivity index (χ0) is 26.3. The van der Waals surface area contributed by atoms with E-state index in [2.05, 4.69) is 10.2 Å². The van der Waals surface area contributed by atoms with Crippen molar-refractivity contribution in [1.29, 1.82) is 0 Å². The molecule has 0 saturated carbocycles. The highest BCUT2D eigenvalue weighted by molar-refractivity contribution is 6.06. The van der Waals surface area contributed by atoms with Crippen LogP contribution in [0.4, 0.5) is 8.78 Å². The van der Waals surface area contributed by atoms with Gasteiger partial charge in [0.15, 0.2) is 5.82 Å². The predicted molar refractivity (Wildman–Crippen MR) is 136 cm³/mol. The number of benzene rings is 3. The Kier molecular flexibility index (Phi) is 6.26.